The molecule has 0 aliphatic carbocycles. The maximum Gasteiger partial charge on any atom is 0.324 e. The van der Waals surface area contributed by atoms with Crippen LogP contribution in [0, 0.1) is 0 Å². The average Bonchev–Trinajstić information content (AvgIpc) is 2.38. The monoisotopic (exact) mass is 273 g/mol. The number of hydrogen-bond acceptors (Lipinski definition) is 4. The molecule has 0 aromatic rings. The second kappa shape index (κ2) is 6.72. The molecule has 0 saturated carbocycles. The lowest BCUT2D eigenvalue weighted by atomic mass is 9.87. The van der Waals surface area contributed by atoms with E-state index in [1.165, 1.54) is 4.90 Å². The van der Waals surface area contributed by atoms with Gasteiger partial charge in [-0.3, -0.25) is 10.1 Å². The van der Waals surface area contributed by atoms with Gasteiger partial charge in [0.05, 0.1) is 6.61 Å². The summed E-state index contributed by atoms with van der Waals surface area (Å²) < 4.78 is 4.92. The molecule has 7 nitrogen and oxygen atoms in total. The van der Waals surface area contributed by atoms with E-state index in [4.69, 9.17) is 4.74 Å². The van der Waals surface area contributed by atoms with E-state index >= 15 is 0 Å². The fraction of sp³-hybridized carbons (Fsp3) is 0.833. The molecular formula is C12H23N3O4. The number of carboxylic acid groups (broad SMARTS) is 1. The van der Waals surface area contributed by atoms with Crippen LogP contribution in [0.5, 0.6) is 0 Å². The van der Waals surface area contributed by atoms with Crippen LogP contribution in [0.2, 0.25) is 0 Å². The van der Waals surface area contributed by atoms with Gasteiger partial charge in [-0.25, -0.2) is 4.79 Å². The number of piperidine rings is 1. The van der Waals surface area contributed by atoms with Gasteiger partial charge in [0.25, 0.3) is 0 Å². The van der Waals surface area contributed by atoms with Crippen molar-refractivity contribution in [2.75, 3.05) is 47.4 Å². The molecule has 2 N–H and O–H groups in total. The Kier molecular flexibility index (Phi) is 5.56. The highest BCUT2D eigenvalue weighted by molar-refractivity contribution is 5.80. The Balaban J connectivity index is 2.59. The van der Waals surface area contributed by atoms with E-state index < -0.39 is 11.5 Å². The first kappa shape index (κ1) is 15.7. The predicted octanol–water partition coefficient (Wildman–Crippen LogP) is -0.177. The van der Waals surface area contributed by atoms with Crippen LogP contribution in [-0.4, -0.2) is 79.9 Å². The van der Waals surface area contributed by atoms with Crippen molar-refractivity contribution >= 4 is 12.0 Å². The third-order valence-corrected chi connectivity index (χ3v) is 3.45. The number of nitrogens with zero attached hydrogens (tertiary/aromatic N) is 2. The number of rotatable bonds is 5. The lowest BCUT2D eigenvalue weighted by molar-refractivity contribution is -0.147. The maximum atomic E-state index is 11.8. The summed E-state index contributed by atoms with van der Waals surface area (Å²) >= 11 is 0. The van der Waals surface area contributed by atoms with Crippen LogP contribution >= 0.6 is 0 Å². The third kappa shape index (κ3) is 3.81. The largest absolute Gasteiger partial charge is 0.480 e. The van der Waals surface area contributed by atoms with Gasteiger partial charge in [0.2, 0.25) is 0 Å². The highest BCUT2D eigenvalue weighted by atomic mass is 16.5. The summed E-state index contributed by atoms with van der Waals surface area (Å²) in [6.45, 7) is 1.85. The Hall–Kier alpha value is -1.34. The van der Waals surface area contributed by atoms with Gasteiger partial charge in [-0.1, -0.05) is 0 Å². The van der Waals surface area contributed by atoms with Gasteiger partial charge in [0.15, 0.2) is 0 Å². The smallest absolute Gasteiger partial charge is 0.324 e. The molecule has 1 fully saturated rings. The van der Waals surface area contributed by atoms with Crippen molar-refractivity contribution in [3.63, 3.8) is 0 Å². The van der Waals surface area contributed by atoms with E-state index in [9.17, 15) is 14.7 Å². The number of carboxylic acids is 1. The predicted molar refractivity (Wildman–Crippen MR) is 70.1 cm³/mol. The Morgan fingerprint density at radius 3 is 2.37 bits per heavy atom. The molecule has 1 aliphatic heterocycles. The molecule has 0 radical (unpaired) electrons. The van der Waals surface area contributed by atoms with Gasteiger partial charge < -0.3 is 19.6 Å². The standard InChI is InChI=1S/C12H23N3O4/c1-14(2)11(18)15-7-4-12(5-8-15,10(16)17)13-6-9-19-3/h13H,4-9H2,1-3H3,(H,16,17). The van der Waals surface area contributed by atoms with Crippen molar-refractivity contribution in [3.05, 3.63) is 0 Å². The molecule has 110 valence electrons. The quantitative estimate of drug-likeness (QED) is 0.679. The first-order valence-electron chi connectivity index (χ1n) is 6.36. The van der Waals surface area contributed by atoms with Crippen LogP contribution < -0.4 is 5.32 Å². The third-order valence-electron chi connectivity index (χ3n) is 3.45. The molecule has 0 aromatic heterocycles. The number of likely N-dealkylation sites (tertiary alicyclic amines) is 1. The van der Waals surface area contributed by atoms with Crippen LogP contribution in [0.15, 0.2) is 0 Å². The highest BCUT2D eigenvalue weighted by Gasteiger charge is 2.42. The minimum atomic E-state index is -0.943. The van der Waals surface area contributed by atoms with Crippen molar-refractivity contribution in [1.82, 2.24) is 15.1 Å². The molecule has 0 aromatic carbocycles. The summed E-state index contributed by atoms with van der Waals surface area (Å²) in [7, 11) is 4.96. The number of aliphatic carboxylic acids is 1. The number of carbonyl (C=O) groups is 2. The molecule has 0 spiro atoms. The van der Waals surface area contributed by atoms with Gasteiger partial charge in [-0.05, 0) is 12.8 Å². The Morgan fingerprint density at radius 2 is 1.95 bits per heavy atom. The van der Waals surface area contributed by atoms with E-state index in [0.717, 1.165) is 0 Å². The second-order valence-electron chi connectivity index (χ2n) is 4.97. The molecule has 19 heavy (non-hydrogen) atoms. The summed E-state index contributed by atoms with van der Waals surface area (Å²) in [5.74, 6) is -0.861. The summed E-state index contributed by atoms with van der Waals surface area (Å²) in [5.41, 5.74) is -0.943. The molecule has 0 bridgehead atoms. The van der Waals surface area contributed by atoms with Crippen molar-refractivity contribution in [2.45, 2.75) is 18.4 Å². The van der Waals surface area contributed by atoms with E-state index in [0.29, 0.717) is 39.1 Å². The van der Waals surface area contributed by atoms with Crippen molar-refractivity contribution in [3.8, 4) is 0 Å². The minimum Gasteiger partial charge on any atom is -0.480 e. The molecule has 2 amide bonds. The molecule has 7 heteroatoms. The normalized spacial score (nSPS) is 18.2. The summed E-state index contributed by atoms with van der Waals surface area (Å²) in [6.07, 6.45) is 0.817. The van der Waals surface area contributed by atoms with Gasteiger partial charge in [0.1, 0.15) is 5.54 Å². The SMILES string of the molecule is COCCNC1(C(=O)O)CCN(C(=O)N(C)C)CC1. The number of amides is 2. The van der Waals surface area contributed by atoms with Crippen molar-refractivity contribution in [1.29, 1.82) is 0 Å². The van der Waals surface area contributed by atoms with Crippen molar-refractivity contribution in [2.24, 2.45) is 0 Å². The van der Waals surface area contributed by atoms with Crippen molar-refractivity contribution < 1.29 is 19.4 Å². The molecule has 0 atom stereocenters. The number of urea groups is 1. The summed E-state index contributed by atoms with van der Waals surface area (Å²) in [5, 5.41) is 12.5. The van der Waals surface area contributed by atoms with E-state index in [-0.39, 0.29) is 6.03 Å². The second-order valence-corrected chi connectivity index (χ2v) is 4.97. The molecule has 1 saturated heterocycles. The fourth-order valence-electron chi connectivity index (χ4n) is 2.22. The molecular weight excluding hydrogens is 250 g/mol. The Bertz CT molecular complexity index is 325. The minimum absolute atomic E-state index is 0.0733. The Morgan fingerprint density at radius 1 is 1.37 bits per heavy atom. The van der Waals surface area contributed by atoms with Gasteiger partial charge in [-0.2, -0.15) is 0 Å². The zero-order chi connectivity index (χ0) is 14.5. The lowest BCUT2D eigenvalue weighted by Crippen LogP contribution is -2.60. The first-order valence-corrected chi connectivity index (χ1v) is 6.36. The van der Waals surface area contributed by atoms with E-state index in [1.54, 1.807) is 26.1 Å². The van der Waals surface area contributed by atoms with Gasteiger partial charge >= 0.3 is 12.0 Å². The Labute approximate surface area is 113 Å². The average molecular weight is 273 g/mol. The molecule has 1 aliphatic rings. The van der Waals surface area contributed by atoms with E-state index in [2.05, 4.69) is 5.32 Å². The number of carbonyl (C=O) groups excluding carboxylic acids is 1. The number of hydrogen-bond donors (Lipinski definition) is 2. The summed E-state index contributed by atoms with van der Waals surface area (Å²) in [4.78, 5) is 26.5. The van der Waals surface area contributed by atoms with Crippen LogP contribution in [0.3, 0.4) is 0 Å². The molecule has 0 unspecified atom stereocenters. The van der Waals surface area contributed by atoms with Crippen LogP contribution in [-0.2, 0) is 9.53 Å². The van der Waals surface area contributed by atoms with Crippen LogP contribution in [0.25, 0.3) is 0 Å². The van der Waals surface area contributed by atoms with Crippen LogP contribution in [0.1, 0.15) is 12.8 Å². The first-order chi connectivity index (χ1) is 8.93. The zero-order valence-electron chi connectivity index (χ0n) is 11.8. The molecule has 1 heterocycles. The topological polar surface area (TPSA) is 82.1 Å². The number of nitrogens with one attached hydrogen (secondary N) is 1. The molecule has 1 rings (SSSR count). The fourth-order valence-corrected chi connectivity index (χ4v) is 2.22. The number of methoxy groups -OCH3 is 1. The zero-order valence-corrected chi connectivity index (χ0v) is 11.8. The highest BCUT2D eigenvalue weighted by Crippen LogP contribution is 2.23. The van der Waals surface area contributed by atoms with Crippen LogP contribution in [0.4, 0.5) is 4.79 Å². The number of ether oxygens (including phenoxy) is 1. The van der Waals surface area contributed by atoms with E-state index in [1.807, 2.05) is 0 Å². The van der Waals surface area contributed by atoms with Gasteiger partial charge in [0, 0.05) is 40.8 Å². The lowest BCUT2D eigenvalue weighted by Gasteiger charge is -2.40. The summed E-state index contributed by atoms with van der Waals surface area (Å²) in [6, 6.07) is -0.0733. The maximum absolute atomic E-state index is 11.8. The van der Waals surface area contributed by atoms with Gasteiger partial charge in [-0.15, -0.1) is 0 Å².